The molecule has 0 aliphatic rings. The van der Waals surface area contributed by atoms with Gasteiger partial charge in [-0.1, -0.05) is 24.3 Å². The highest BCUT2D eigenvalue weighted by Crippen LogP contribution is 2.27. The average molecular weight is 385 g/mol. The maximum absolute atomic E-state index is 12.1. The molecule has 9 heteroatoms. The Morgan fingerprint density at radius 1 is 1.26 bits per heavy atom. The normalized spacial score (nSPS) is 9.93. The van der Waals surface area contributed by atoms with Crippen molar-refractivity contribution in [1.29, 1.82) is 5.26 Å². The molecule has 2 rings (SSSR count). The van der Waals surface area contributed by atoms with Crippen LogP contribution in [0.5, 0.6) is 0 Å². The molecule has 0 saturated carbocycles. The molecule has 27 heavy (non-hydrogen) atoms. The standard InChI is InChI=1S/C18H15N3O5S/c1-12-5-4-6-13(17(12)21(24)25)18(23)26-11-16(22)20-14-7-2-3-8-15(14)27-10-9-19/h2-8H,10-11H2,1H3,(H,20,22). The first kappa shape index (κ1) is 19.9. The molecule has 0 saturated heterocycles. The number of amides is 1. The number of nitrogens with one attached hydrogen (secondary N) is 1. The Balaban J connectivity index is 2.03. The lowest BCUT2D eigenvalue weighted by Crippen LogP contribution is -2.21. The Kier molecular flexibility index (Phi) is 6.91. The third-order valence-electron chi connectivity index (χ3n) is 3.43. The maximum Gasteiger partial charge on any atom is 0.345 e. The minimum Gasteiger partial charge on any atom is -0.452 e. The van der Waals surface area contributed by atoms with Crippen LogP contribution in [0.3, 0.4) is 0 Å². The van der Waals surface area contributed by atoms with Crippen molar-refractivity contribution in [2.75, 3.05) is 17.7 Å². The van der Waals surface area contributed by atoms with Crippen LogP contribution in [0.4, 0.5) is 11.4 Å². The number of thioether (sulfide) groups is 1. The smallest absolute Gasteiger partial charge is 0.345 e. The van der Waals surface area contributed by atoms with E-state index >= 15 is 0 Å². The second kappa shape index (κ2) is 9.35. The van der Waals surface area contributed by atoms with Gasteiger partial charge in [-0.15, -0.1) is 11.8 Å². The van der Waals surface area contributed by atoms with Gasteiger partial charge in [-0.25, -0.2) is 4.79 Å². The summed E-state index contributed by atoms with van der Waals surface area (Å²) in [5, 5.41) is 22.4. The van der Waals surface area contributed by atoms with Gasteiger partial charge in [-0.3, -0.25) is 14.9 Å². The molecule has 0 bridgehead atoms. The van der Waals surface area contributed by atoms with Crippen molar-refractivity contribution >= 4 is 35.0 Å². The predicted octanol–water partition coefficient (Wildman–Crippen LogP) is 3.31. The van der Waals surface area contributed by atoms with E-state index in [1.54, 1.807) is 24.3 Å². The molecule has 1 N–H and O–H groups in total. The third kappa shape index (κ3) is 5.29. The van der Waals surface area contributed by atoms with Crippen LogP contribution in [0.1, 0.15) is 15.9 Å². The number of hydrogen-bond acceptors (Lipinski definition) is 7. The number of nitriles is 1. The summed E-state index contributed by atoms with van der Waals surface area (Å²) in [4.78, 5) is 35.4. The van der Waals surface area contributed by atoms with Gasteiger partial charge in [0.15, 0.2) is 6.61 Å². The van der Waals surface area contributed by atoms with Gasteiger partial charge in [-0.2, -0.15) is 5.26 Å². The summed E-state index contributed by atoms with van der Waals surface area (Å²) in [6.45, 7) is 0.915. The maximum atomic E-state index is 12.1. The average Bonchev–Trinajstić information content (AvgIpc) is 2.65. The van der Waals surface area contributed by atoms with E-state index in [0.717, 1.165) is 0 Å². The summed E-state index contributed by atoms with van der Waals surface area (Å²) in [5.74, 6) is -1.32. The van der Waals surface area contributed by atoms with E-state index in [-0.39, 0.29) is 17.0 Å². The predicted molar refractivity (Wildman–Crippen MR) is 99.5 cm³/mol. The number of nitro benzene ring substituents is 1. The SMILES string of the molecule is Cc1cccc(C(=O)OCC(=O)Nc2ccccc2SCC#N)c1[N+](=O)[O-]. The van der Waals surface area contributed by atoms with Crippen LogP contribution in [0.25, 0.3) is 0 Å². The number of esters is 1. The number of aryl methyl sites for hydroxylation is 1. The highest BCUT2D eigenvalue weighted by atomic mass is 32.2. The Morgan fingerprint density at radius 3 is 2.70 bits per heavy atom. The fourth-order valence-corrected chi connectivity index (χ4v) is 2.94. The lowest BCUT2D eigenvalue weighted by atomic mass is 10.1. The van der Waals surface area contributed by atoms with Gasteiger partial charge < -0.3 is 10.1 Å². The zero-order valence-electron chi connectivity index (χ0n) is 14.3. The fraction of sp³-hybridized carbons (Fsp3) is 0.167. The van der Waals surface area contributed by atoms with Crippen molar-refractivity contribution in [1.82, 2.24) is 0 Å². The molecule has 1 amide bonds. The number of ether oxygens (including phenoxy) is 1. The number of anilines is 1. The number of nitro groups is 1. The second-order valence-corrected chi connectivity index (χ2v) is 6.31. The highest BCUT2D eigenvalue weighted by Gasteiger charge is 2.24. The largest absolute Gasteiger partial charge is 0.452 e. The zero-order valence-corrected chi connectivity index (χ0v) is 15.1. The first-order valence-electron chi connectivity index (χ1n) is 7.73. The first-order chi connectivity index (χ1) is 12.9. The fourth-order valence-electron chi connectivity index (χ4n) is 2.27. The number of para-hydroxylation sites is 2. The second-order valence-electron chi connectivity index (χ2n) is 5.30. The molecular formula is C18H15N3O5S. The van der Waals surface area contributed by atoms with E-state index in [1.807, 2.05) is 6.07 Å². The van der Waals surface area contributed by atoms with E-state index < -0.39 is 23.4 Å². The summed E-state index contributed by atoms with van der Waals surface area (Å²) in [6.07, 6.45) is 0. The van der Waals surface area contributed by atoms with E-state index in [9.17, 15) is 19.7 Å². The van der Waals surface area contributed by atoms with Crippen molar-refractivity contribution in [2.45, 2.75) is 11.8 Å². The Morgan fingerprint density at radius 2 is 2.00 bits per heavy atom. The van der Waals surface area contributed by atoms with Gasteiger partial charge in [0.1, 0.15) is 5.56 Å². The molecule has 0 spiro atoms. The van der Waals surface area contributed by atoms with Gasteiger partial charge in [0.25, 0.3) is 11.6 Å². The number of carbonyl (C=O) groups excluding carboxylic acids is 2. The van der Waals surface area contributed by atoms with Crippen molar-refractivity contribution in [2.24, 2.45) is 0 Å². The summed E-state index contributed by atoms with van der Waals surface area (Å²) in [7, 11) is 0. The molecule has 0 atom stereocenters. The molecule has 0 heterocycles. The first-order valence-corrected chi connectivity index (χ1v) is 8.72. The minimum atomic E-state index is -0.951. The van der Waals surface area contributed by atoms with Gasteiger partial charge in [0.2, 0.25) is 0 Å². The van der Waals surface area contributed by atoms with Gasteiger partial charge in [0, 0.05) is 10.5 Å². The minimum absolute atomic E-state index is 0.210. The van der Waals surface area contributed by atoms with Gasteiger partial charge in [0.05, 0.1) is 22.4 Å². The van der Waals surface area contributed by atoms with Crippen LogP contribution < -0.4 is 5.32 Å². The number of nitrogens with zero attached hydrogens (tertiary/aromatic N) is 2. The van der Waals surface area contributed by atoms with Gasteiger partial charge in [-0.05, 0) is 25.1 Å². The third-order valence-corrected chi connectivity index (χ3v) is 4.37. The highest BCUT2D eigenvalue weighted by molar-refractivity contribution is 7.99. The molecule has 0 aliphatic heterocycles. The molecule has 138 valence electrons. The molecule has 0 aromatic heterocycles. The Hall–Kier alpha value is -3.38. The van der Waals surface area contributed by atoms with Crippen LogP contribution in [0.2, 0.25) is 0 Å². The van der Waals surface area contributed by atoms with Crippen molar-refractivity contribution in [3.8, 4) is 6.07 Å². The lowest BCUT2D eigenvalue weighted by molar-refractivity contribution is -0.385. The van der Waals surface area contributed by atoms with Crippen molar-refractivity contribution in [3.63, 3.8) is 0 Å². The van der Waals surface area contributed by atoms with E-state index in [1.165, 1.54) is 36.9 Å². The van der Waals surface area contributed by atoms with Gasteiger partial charge >= 0.3 is 5.97 Å². The molecule has 0 fully saturated rings. The number of carbonyl (C=O) groups is 2. The van der Waals surface area contributed by atoms with Crippen molar-refractivity contribution < 1.29 is 19.2 Å². The van der Waals surface area contributed by atoms with E-state index in [4.69, 9.17) is 10.00 Å². The molecular weight excluding hydrogens is 370 g/mol. The number of hydrogen-bond donors (Lipinski definition) is 1. The molecule has 8 nitrogen and oxygen atoms in total. The summed E-state index contributed by atoms with van der Waals surface area (Å²) in [5.41, 5.74) is 0.251. The van der Waals surface area contributed by atoms with Crippen LogP contribution in [-0.2, 0) is 9.53 Å². The summed E-state index contributed by atoms with van der Waals surface area (Å²) < 4.78 is 4.91. The van der Waals surface area contributed by atoms with E-state index in [0.29, 0.717) is 16.1 Å². The Labute approximate surface area is 159 Å². The zero-order chi connectivity index (χ0) is 19.8. The van der Waals surface area contributed by atoms with Crippen LogP contribution in [-0.4, -0.2) is 29.2 Å². The quantitative estimate of drug-likeness (QED) is 0.336. The number of benzene rings is 2. The van der Waals surface area contributed by atoms with Crippen molar-refractivity contribution in [3.05, 3.63) is 63.7 Å². The van der Waals surface area contributed by atoms with Crippen LogP contribution in [0.15, 0.2) is 47.4 Å². The topological polar surface area (TPSA) is 122 Å². The lowest BCUT2D eigenvalue weighted by Gasteiger charge is -2.10. The molecule has 0 unspecified atom stereocenters. The Bertz CT molecular complexity index is 923. The molecule has 0 radical (unpaired) electrons. The number of rotatable bonds is 7. The summed E-state index contributed by atoms with van der Waals surface area (Å²) in [6, 6.07) is 13.2. The molecule has 2 aromatic rings. The summed E-state index contributed by atoms with van der Waals surface area (Å²) >= 11 is 1.26. The molecule has 2 aromatic carbocycles. The van der Waals surface area contributed by atoms with E-state index in [2.05, 4.69) is 5.32 Å². The van der Waals surface area contributed by atoms with Crippen LogP contribution in [0, 0.1) is 28.4 Å². The van der Waals surface area contributed by atoms with Crippen LogP contribution >= 0.6 is 11.8 Å². The monoisotopic (exact) mass is 385 g/mol. The molecule has 0 aliphatic carbocycles.